The predicted octanol–water partition coefficient (Wildman–Crippen LogP) is 4.71. The average molecular weight is 504 g/mol. The molecule has 0 aliphatic carbocycles. The number of carbonyl (C=O) groups is 1. The summed E-state index contributed by atoms with van der Waals surface area (Å²) in [6.07, 6.45) is 1.72. The molecule has 0 unspecified atom stereocenters. The molecule has 1 aliphatic heterocycles. The van der Waals surface area contributed by atoms with Crippen molar-refractivity contribution in [1.29, 1.82) is 5.41 Å². The zero-order valence-electron chi connectivity index (χ0n) is 19.4. The molecule has 1 heterocycles. The summed E-state index contributed by atoms with van der Waals surface area (Å²) in [7, 11) is 1.63. The highest BCUT2D eigenvalue weighted by atomic mass is 79.9. The van der Waals surface area contributed by atoms with E-state index in [1.807, 2.05) is 35.2 Å². The van der Waals surface area contributed by atoms with Crippen molar-refractivity contribution < 1.29 is 14.3 Å². The van der Waals surface area contributed by atoms with Crippen molar-refractivity contribution >= 4 is 28.6 Å². The lowest BCUT2D eigenvalue weighted by molar-refractivity contribution is 0.0962. The van der Waals surface area contributed by atoms with Crippen LogP contribution in [0.15, 0.2) is 36.4 Å². The predicted molar refractivity (Wildman–Crippen MR) is 134 cm³/mol. The van der Waals surface area contributed by atoms with Gasteiger partial charge < -0.3 is 20.1 Å². The first-order valence-corrected chi connectivity index (χ1v) is 10.8. The van der Waals surface area contributed by atoms with E-state index >= 15 is 0 Å². The molecular formula is C25H34BrN3O3. The Kier molecular flexibility index (Phi) is 8.87. The number of carbonyl (C=O) groups excluding carboxylic acids is 1. The van der Waals surface area contributed by atoms with Gasteiger partial charge in [-0.3, -0.25) is 10.2 Å². The third-order valence-electron chi connectivity index (χ3n) is 5.53. The van der Waals surface area contributed by atoms with Gasteiger partial charge in [-0.2, -0.15) is 0 Å². The van der Waals surface area contributed by atoms with E-state index in [9.17, 15) is 4.79 Å². The van der Waals surface area contributed by atoms with Crippen LogP contribution in [0.5, 0.6) is 11.5 Å². The molecular weight excluding hydrogens is 470 g/mol. The van der Waals surface area contributed by atoms with Gasteiger partial charge in [-0.25, -0.2) is 0 Å². The number of ether oxygens (including phenoxy) is 2. The summed E-state index contributed by atoms with van der Waals surface area (Å²) in [5.41, 5.74) is 8.82. The number of ketones is 1. The maximum Gasteiger partial charge on any atom is 0.182 e. The first kappa shape index (κ1) is 25.9. The Hall–Kier alpha value is -2.38. The second kappa shape index (κ2) is 11.0. The Morgan fingerprint density at radius 2 is 1.91 bits per heavy atom. The molecule has 0 radical (unpaired) electrons. The lowest BCUT2D eigenvalue weighted by Crippen LogP contribution is -2.30. The number of hydrogen-bond donors (Lipinski definition) is 2. The van der Waals surface area contributed by atoms with Gasteiger partial charge in [0.1, 0.15) is 5.84 Å². The van der Waals surface area contributed by atoms with Crippen molar-refractivity contribution in [2.45, 2.75) is 45.6 Å². The van der Waals surface area contributed by atoms with Gasteiger partial charge in [0, 0.05) is 23.2 Å². The number of fused-ring (bicyclic) bond motifs is 1. The van der Waals surface area contributed by atoms with Crippen molar-refractivity contribution in [2.24, 2.45) is 5.73 Å². The number of unbranched alkanes of at least 4 members (excludes halogenated alkanes) is 1. The minimum absolute atomic E-state index is 0. The molecule has 174 valence electrons. The van der Waals surface area contributed by atoms with Crippen LogP contribution in [0.4, 0.5) is 0 Å². The van der Waals surface area contributed by atoms with Crippen LogP contribution in [0.3, 0.4) is 0 Å². The Labute approximate surface area is 201 Å². The maximum atomic E-state index is 13.3. The number of rotatable bonds is 9. The standard InChI is InChI=1S/C25H33N3O3.BrH/c1-25(2,3)20-13-18(14-22(23(20)30-4)31-12-8-7-11-26)21(29)16-28-15-17-9-5-6-10-19(17)24(28)27;/h5-6,9-10,13-14,27H,7-8,11-12,15-16,26H2,1-4H3;1H. The molecule has 3 rings (SSSR count). The molecule has 0 atom stereocenters. The second-order valence-corrected chi connectivity index (χ2v) is 8.93. The highest BCUT2D eigenvalue weighted by Crippen LogP contribution is 2.40. The molecule has 6 nitrogen and oxygen atoms in total. The van der Waals surface area contributed by atoms with E-state index in [4.69, 9.17) is 20.6 Å². The number of halogens is 1. The van der Waals surface area contributed by atoms with Gasteiger partial charge in [0.2, 0.25) is 0 Å². The molecule has 0 amide bonds. The number of benzene rings is 2. The van der Waals surface area contributed by atoms with Crippen LogP contribution in [0.25, 0.3) is 0 Å². The van der Waals surface area contributed by atoms with Gasteiger partial charge >= 0.3 is 0 Å². The van der Waals surface area contributed by atoms with Crippen LogP contribution in [0.1, 0.15) is 60.7 Å². The molecule has 0 aromatic heterocycles. The van der Waals surface area contributed by atoms with Crippen molar-refractivity contribution in [3.8, 4) is 11.5 Å². The summed E-state index contributed by atoms with van der Waals surface area (Å²) in [5.74, 6) is 1.59. The SMILES string of the molecule is Br.COc1c(OCCCCN)cc(C(=O)CN2Cc3ccccc3C2=N)cc1C(C)(C)C. The molecule has 2 aromatic rings. The summed E-state index contributed by atoms with van der Waals surface area (Å²) in [6.45, 7) is 8.12. The lowest BCUT2D eigenvalue weighted by Gasteiger charge is -2.25. The number of nitrogens with zero attached hydrogens (tertiary/aromatic N) is 1. The van der Waals surface area contributed by atoms with Crippen LogP contribution in [0.2, 0.25) is 0 Å². The zero-order chi connectivity index (χ0) is 22.6. The Bertz CT molecular complexity index is 969. The largest absolute Gasteiger partial charge is 0.493 e. The number of amidine groups is 1. The van der Waals surface area contributed by atoms with E-state index < -0.39 is 0 Å². The van der Waals surface area contributed by atoms with E-state index in [-0.39, 0.29) is 34.7 Å². The molecule has 0 saturated heterocycles. The van der Waals surface area contributed by atoms with Gasteiger partial charge in [0.15, 0.2) is 17.3 Å². The fraction of sp³-hybridized carbons (Fsp3) is 0.440. The van der Waals surface area contributed by atoms with E-state index in [2.05, 4.69) is 20.8 Å². The third kappa shape index (κ3) is 5.70. The highest BCUT2D eigenvalue weighted by Gasteiger charge is 2.28. The Balaban J connectivity index is 0.00000363. The summed E-state index contributed by atoms with van der Waals surface area (Å²) in [4.78, 5) is 15.1. The van der Waals surface area contributed by atoms with Crippen molar-refractivity contribution in [3.63, 3.8) is 0 Å². The van der Waals surface area contributed by atoms with Crippen LogP contribution < -0.4 is 15.2 Å². The number of methoxy groups -OCH3 is 1. The molecule has 0 bridgehead atoms. The fourth-order valence-corrected chi connectivity index (χ4v) is 3.81. The van der Waals surface area contributed by atoms with Crippen LogP contribution in [0, 0.1) is 5.41 Å². The summed E-state index contributed by atoms with van der Waals surface area (Å²) >= 11 is 0. The number of nitrogens with two attached hydrogens (primary N) is 1. The number of nitrogens with one attached hydrogen (secondary N) is 1. The van der Waals surface area contributed by atoms with Gasteiger partial charge in [0.25, 0.3) is 0 Å². The summed E-state index contributed by atoms with van der Waals surface area (Å²) < 4.78 is 11.7. The first-order valence-electron chi connectivity index (χ1n) is 10.8. The highest BCUT2D eigenvalue weighted by molar-refractivity contribution is 8.93. The lowest BCUT2D eigenvalue weighted by atomic mass is 9.84. The average Bonchev–Trinajstić information content (AvgIpc) is 3.05. The molecule has 2 aromatic carbocycles. The minimum atomic E-state index is -0.229. The second-order valence-electron chi connectivity index (χ2n) is 8.93. The third-order valence-corrected chi connectivity index (χ3v) is 5.53. The van der Waals surface area contributed by atoms with Crippen molar-refractivity contribution in [2.75, 3.05) is 26.8 Å². The van der Waals surface area contributed by atoms with E-state index in [0.29, 0.717) is 42.6 Å². The molecule has 0 spiro atoms. The molecule has 0 saturated carbocycles. The minimum Gasteiger partial charge on any atom is -0.493 e. The van der Waals surface area contributed by atoms with E-state index in [1.165, 1.54) is 0 Å². The fourth-order valence-electron chi connectivity index (χ4n) is 3.81. The van der Waals surface area contributed by atoms with Gasteiger partial charge in [-0.05, 0) is 42.5 Å². The first-order chi connectivity index (χ1) is 14.8. The normalized spacial score (nSPS) is 12.9. The maximum absolute atomic E-state index is 13.3. The van der Waals surface area contributed by atoms with Gasteiger partial charge in [0.05, 0.1) is 20.3 Å². The molecule has 0 fully saturated rings. The van der Waals surface area contributed by atoms with Gasteiger partial charge in [-0.15, -0.1) is 17.0 Å². The molecule has 1 aliphatic rings. The Morgan fingerprint density at radius 1 is 1.19 bits per heavy atom. The number of Topliss-reactive ketones (excluding diaryl/α,β-unsaturated/α-hetero) is 1. The molecule has 7 heteroatoms. The monoisotopic (exact) mass is 503 g/mol. The van der Waals surface area contributed by atoms with E-state index in [1.54, 1.807) is 13.2 Å². The van der Waals surface area contributed by atoms with Crippen LogP contribution in [-0.4, -0.2) is 43.3 Å². The van der Waals surface area contributed by atoms with Crippen molar-refractivity contribution in [1.82, 2.24) is 4.90 Å². The topological polar surface area (TPSA) is 88.6 Å². The zero-order valence-corrected chi connectivity index (χ0v) is 21.1. The summed E-state index contributed by atoms with van der Waals surface area (Å²) in [5, 5.41) is 8.44. The van der Waals surface area contributed by atoms with Crippen LogP contribution in [-0.2, 0) is 12.0 Å². The molecule has 32 heavy (non-hydrogen) atoms. The molecule has 3 N–H and O–H groups in total. The number of hydrogen-bond acceptors (Lipinski definition) is 5. The quantitative estimate of drug-likeness (QED) is 0.382. The van der Waals surface area contributed by atoms with Crippen LogP contribution >= 0.6 is 17.0 Å². The smallest absolute Gasteiger partial charge is 0.182 e. The Morgan fingerprint density at radius 3 is 2.53 bits per heavy atom. The van der Waals surface area contributed by atoms with Gasteiger partial charge in [-0.1, -0.05) is 45.0 Å². The summed E-state index contributed by atoms with van der Waals surface area (Å²) in [6, 6.07) is 11.5. The van der Waals surface area contributed by atoms with E-state index in [0.717, 1.165) is 29.5 Å². The van der Waals surface area contributed by atoms with Crippen molar-refractivity contribution in [3.05, 3.63) is 58.7 Å².